The summed E-state index contributed by atoms with van der Waals surface area (Å²) in [6, 6.07) is 14.6. The molecule has 0 aliphatic carbocycles. The maximum Gasteiger partial charge on any atom is 0.291 e. The molecular weight excluding hydrogens is 444 g/mol. The molecule has 0 radical (unpaired) electrons. The fourth-order valence-corrected chi connectivity index (χ4v) is 4.79. The topological polar surface area (TPSA) is 92.8 Å². The van der Waals surface area contributed by atoms with Crippen LogP contribution in [0.5, 0.6) is 5.75 Å². The van der Waals surface area contributed by atoms with Crippen LogP contribution < -0.4 is 10.1 Å². The molecule has 1 aliphatic heterocycles. The van der Waals surface area contributed by atoms with Gasteiger partial charge in [0.15, 0.2) is 5.76 Å². The maximum atomic E-state index is 12.8. The largest absolute Gasteiger partial charge is 0.495 e. The van der Waals surface area contributed by atoms with E-state index in [4.69, 9.17) is 9.15 Å². The number of ether oxygens (including phenoxy) is 1. The monoisotopic (exact) mass is 474 g/mol. The molecule has 8 nitrogen and oxygen atoms in total. The lowest BCUT2D eigenvalue weighted by Crippen LogP contribution is -2.42. The first-order valence-electron chi connectivity index (χ1n) is 11.8. The second kappa shape index (κ2) is 9.20. The van der Waals surface area contributed by atoms with Gasteiger partial charge in [-0.25, -0.2) is 0 Å². The van der Waals surface area contributed by atoms with E-state index in [0.717, 1.165) is 36.3 Å². The van der Waals surface area contributed by atoms with Gasteiger partial charge in [0.2, 0.25) is 0 Å². The van der Waals surface area contributed by atoms with Crippen LogP contribution in [0.25, 0.3) is 11.0 Å². The molecule has 2 N–H and O–H groups in total. The standard InChI is InChI=1S/C27H30N4O4/c1-18-20(16-30(2)29-18)17-31-12-10-27(33,11-13-31)21-8-9-23-19(14-21)15-25(35-23)26(32)28-22-6-4-5-7-24(22)34-3/h4-9,14-16,33H,10-13,17H2,1-3H3,(H,28,32). The van der Waals surface area contributed by atoms with Crippen LogP contribution in [0, 0.1) is 6.92 Å². The average Bonchev–Trinajstić information content (AvgIpc) is 3.42. The van der Waals surface area contributed by atoms with Crippen LogP contribution in [-0.2, 0) is 19.2 Å². The van der Waals surface area contributed by atoms with Crippen LogP contribution in [0.1, 0.15) is 40.2 Å². The van der Waals surface area contributed by atoms with Gasteiger partial charge in [-0.1, -0.05) is 18.2 Å². The van der Waals surface area contributed by atoms with Crippen LogP contribution >= 0.6 is 0 Å². The summed E-state index contributed by atoms with van der Waals surface area (Å²) in [6.07, 6.45) is 3.33. The lowest BCUT2D eigenvalue weighted by Gasteiger charge is -2.38. The number of furan rings is 1. The van der Waals surface area contributed by atoms with Crippen molar-refractivity contribution in [3.63, 3.8) is 0 Å². The summed E-state index contributed by atoms with van der Waals surface area (Å²) < 4.78 is 12.9. The third-order valence-corrected chi connectivity index (χ3v) is 6.82. The molecule has 1 aliphatic rings. The number of rotatable bonds is 6. The van der Waals surface area contributed by atoms with Crippen molar-refractivity contribution < 1.29 is 19.1 Å². The number of aliphatic hydroxyl groups is 1. The number of piperidine rings is 1. The molecular formula is C27H30N4O4. The smallest absolute Gasteiger partial charge is 0.291 e. The molecule has 4 aromatic rings. The number of benzene rings is 2. The Labute approximate surface area is 204 Å². The highest BCUT2D eigenvalue weighted by Crippen LogP contribution is 2.35. The average molecular weight is 475 g/mol. The highest BCUT2D eigenvalue weighted by molar-refractivity contribution is 6.05. The minimum Gasteiger partial charge on any atom is -0.495 e. The molecule has 0 saturated carbocycles. The number of hydrogen-bond donors (Lipinski definition) is 2. The van der Waals surface area contributed by atoms with Gasteiger partial charge in [-0.3, -0.25) is 14.4 Å². The first kappa shape index (κ1) is 23.1. The number of amides is 1. The third kappa shape index (κ3) is 4.67. The normalized spacial score (nSPS) is 15.9. The van der Waals surface area contributed by atoms with Crippen molar-refractivity contribution in [3.05, 3.63) is 77.3 Å². The van der Waals surface area contributed by atoms with E-state index in [-0.39, 0.29) is 11.7 Å². The number of methoxy groups -OCH3 is 1. The van der Waals surface area contributed by atoms with Gasteiger partial charge in [0.05, 0.1) is 24.1 Å². The molecule has 1 fully saturated rings. The Bertz CT molecular complexity index is 1360. The van der Waals surface area contributed by atoms with Crippen molar-refractivity contribution in [1.82, 2.24) is 14.7 Å². The number of fused-ring (bicyclic) bond motifs is 1. The van der Waals surface area contributed by atoms with Crippen LogP contribution in [0.4, 0.5) is 5.69 Å². The summed E-state index contributed by atoms with van der Waals surface area (Å²) >= 11 is 0. The van der Waals surface area contributed by atoms with Crippen molar-refractivity contribution in [3.8, 4) is 5.75 Å². The lowest BCUT2D eigenvalue weighted by molar-refractivity contribution is -0.0276. The van der Waals surface area contributed by atoms with Gasteiger partial charge in [0.1, 0.15) is 11.3 Å². The van der Waals surface area contributed by atoms with Crippen LogP contribution in [0.2, 0.25) is 0 Å². The van der Waals surface area contributed by atoms with Crippen LogP contribution in [0.3, 0.4) is 0 Å². The SMILES string of the molecule is COc1ccccc1NC(=O)c1cc2cc(C3(O)CCN(Cc4cn(C)nc4C)CC3)ccc2o1. The quantitative estimate of drug-likeness (QED) is 0.435. The fraction of sp³-hybridized carbons (Fsp3) is 0.333. The summed E-state index contributed by atoms with van der Waals surface area (Å²) in [7, 11) is 3.49. The second-order valence-electron chi connectivity index (χ2n) is 9.24. The molecule has 2 aromatic heterocycles. The second-order valence-corrected chi connectivity index (χ2v) is 9.24. The van der Waals surface area contributed by atoms with Gasteiger partial charge >= 0.3 is 0 Å². The number of para-hydroxylation sites is 2. The number of hydrogen-bond acceptors (Lipinski definition) is 6. The molecule has 0 unspecified atom stereocenters. The van der Waals surface area contributed by atoms with Crippen LogP contribution in [0.15, 0.2) is 59.1 Å². The van der Waals surface area contributed by atoms with E-state index in [1.165, 1.54) is 5.56 Å². The maximum absolute atomic E-state index is 12.8. The Morgan fingerprint density at radius 1 is 1.20 bits per heavy atom. The molecule has 0 spiro atoms. The molecule has 2 aromatic carbocycles. The van der Waals surface area contributed by atoms with Crippen molar-refractivity contribution in [2.75, 3.05) is 25.5 Å². The summed E-state index contributed by atoms with van der Waals surface area (Å²) in [5.41, 5.74) is 3.38. The highest BCUT2D eigenvalue weighted by atomic mass is 16.5. The predicted molar refractivity (Wildman–Crippen MR) is 134 cm³/mol. The summed E-state index contributed by atoms with van der Waals surface area (Å²) in [4.78, 5) is 15.1. The number of aryl methyl sites for hydroxylation is 2. The van der Waals surface area contributed by atoms with Gasteiger partial charge in [-0.15, -0.1) is 0 Å². The fourth-order valence-electron chi connectivity index (χ4n) is 4.79. The minimum absolute atomic E-state index is 0.205. The highest BCUT2D eigenvalue weighted by Gasteiger charge is 2.34. The third-order valence-electron chi connectivity index (χ3n) is 6.82. The Hall–Kier alpha value is -3.62. The molecule has 1 amide bonds. The number of anilines is 1. The number of aromatic nitrogens is 2. The number of nitrogens with zero attached hydrogens (tertiary/aromatic N) is 3. The van der Waals surface area contributed by atoms with Gasteiger partial charge in [0.25, 0.3) is 5.91 Å². The zero-order valence-electron chi connectivity index (χ0n) is 20.2. The molecule has 8 heteroatoms. The van der Waals surface area contributed by atoms with Crippen molar-refractivity contribution >= 4 is 22.6 Å². The van der Waals surface area contributed by atoms with Gasteiger partial charge < -0.3 is 19.6 Å². The van der Waals surface area contributed by atoms with E-state index in [1.807, 2.05) is 49.0 Å². The molecule has 3 heterocycles. The molecule has 5 rings (SSSR count). The van der Waals surface area contributed by atoms with E-state index < -0.39 is 5.60 Å². The van der Waals surface area contributed by atoms with Crippen molar-refractivity contribution in [2.24, 2.45) is 7.05 Å². The van der Waals surface area contributed by atoms with Crippen LogP contribution in [-0.4, -0.2) is 45.9 Å². The summed E-state index contributed by atoms with van der Waals surface area (Å²) in [5.74, 6) is 0.424. The number of likely N-dealkylation sites (tertiary alicyclic amines) is 1. The zero-order valence-corrected chi connectivity index (χ0v) is 20.2. The summed E-state index contributed by atoms with van der Waals surface area (Å²) in [5, 5.41) is 19.5. The number of nitrogens with one attached hydrogen (secondary N) is 1. The van der Waals surface area contributed by atoms with E-state index in [9.17, 15) is 9.90 Å². The van der Waals surface area contributed by atoms with E-state index in [2.05, 4.69) is 21.5 Å². The number of carbonyl (C=O) groups excluding carboxylic acids is 1. The summed E-state index contributed by atoms with van der Waals surface area (Å²) in [6.45, 7) is 4.45. The lowest BCUT2D eigenvalue weighted by atomic mass is 9.84. The van der Waals surface area contributed by atoms with E-state index >= 15 is 0 Å². The van der Waals surface area contributed by atoms with Crippen molar-refractivity contribution in [2.45, 2.75) is 31.9 Å². The first-order valence-corrected chi connectivity index (χ1v) is 11.8. The van der Waals surface area contributed by atoms with Gasteiger partial charge in [-0.2, -0.15) is 5.10 Å². The Morgan fingerprint density at radius 3 is 2.69 bits per heavy atom. The van der Waals surface area contributed by atoms with E-state index in [0.29, 0.717) is 29.9 Å². The Balaban J connectivity index is 1.29. The molecule has 182 valence electrons. The Kier molecular flexibility index (Phi) is 6.08. The molecule has 35 heavy (non-hydrogen) atoms. The van der Waals surface area contributed by atoms with E-state index in [1.54, 1.807) is 25.3 Å². The zero-order chi connectivity index (χ0) is 24.6. The molecule has 1 saturated heterocycles. The number of carbonyl (C=O) groups is 1. The van der Waals surface area contributed by atoms with Crippen molar-refractivity contribution in [1.29, 1.82) is 0 Å². The first-order chi connectivity index (χ1) is 16.8. The van der Waals surface area contributed by atoms with Gasteiger partial charge in [-0.05, 0) is 55.7 Å². The van der Waals surface area contributed by atoms with Gasteiger partial charge in [0, 0.05) is 43.8 Å². The molecule has 0 bridgehead atoms. The molecule has 0 atom stereocenters. The Morgan fingerprint density at radius 2 is 1.97 bits per heavy atom. The predicted octanol–water partition coefficient (Wildman–Crippen LogP) is 4.22. The minimum atomic E-state index is -0.911.